The first-order valence-electron chi connectivity index (χ1n) is 38.6. The third-order valence-corrected chi connectivity index (χ3v) is 22.1. The largest absolute Gasteiger partial charge is 0.394 e. The number of carbonyl (C=O) groups excluding carboxylic acids is 4. The lowest BCUT2D eigenvalue weighted by molar-refractivity contribution is -0.412. The van der Waals surface area contributed by atoms with Gasteiger partial charge in [0.2, 0.25) is 23.6 Å². The molecule has 10 aliphatic rings. The van der Waals surface area contributed by atoms with Crippen LogP contribution in [-0.2, 0) is 109 Å². The lowest BCUT2D eigenvalue weighted by Gasteiger charge is -2.52. The minimum Gasteiger partial charge on any atom is -0.394 e. The maximum Gasteiger partial charge on any atom is 0.217 e. The minimum atomic E-state index is -2.62. The van der Waals surface area contributed by atoms with Crippen molar-refractivity contribution in [1.29, 1.82) is 0 Å². The molecule has 10 heterocycles. The predicted molar refractivity (Wildman–Crippen MR) is 370 cm³/mol. The van der Waals surface area contributed by atoms with Crippen LogP contribution in [-0.4, -0.2) is 528 Å². The van der Waals surface area contributed by atoms with Gasteiger partial charge in [-0.1, -0.05) is 0 Å². The summed E-state index contributed by atoms with van der Waals surface area (Å²) in [6.45, 7) is -7.57. The normalized spacial score (nSPS) is 49.4. The van der Waals surface area contributed by atoms with Gasteiger partial charge in [-0.3, -0.25) is 19.2 Å². The Balaban J connectivity index is 1.07. The van der Waals surface area contributed by atoms with Crippen LogP contribution in [0.15, 0.2) is 0 Å². The molecule has 31 N–H and O–H groups in total. The molecule has 54 heteroatoms. The predicted octanol–water partition coefficient (Wildman–Crippen LogP) is -21.6. The molecule has 0 radical (unpaired) electrons. The summed E-state index contributed by atoms with van der Waals surface area (Å²) >= 11 is 0. The molecule has 0 aromatic heterocycles. The van der Waals surface area contributed by atoms with Crippen LogP contribution in [0.5, 0.6) is 0 Å². The van der Waals surface area contributed by atoms with E-state index in [0.29, 0.717) is 0 Å². The second-order valence-corrected chi connectivity index (χ2v) is 30.5. The summed E-state index contributed by atoms with van der Waals surface area (Å²) in [5.74, 6) is -3.80. The van der Waals surface area contributed by atoms with Crippen molar-refractivity contribution in [2.45, 2.75) is 328 Å². The third kappa shape index (κ3) is 22.0. The summed E-state index contributed by atoms with van der Waals surface area (Å²) in [6, 6.07) is -7.69. The van der Waals surface area contributed by atoms with Crippen LogP contribution in [0.4, 0.5) is 0 Å². The quantitative estimate of drug-likeness (QED) is 0.0306. The number of amides is 4. The Kier molecular flexibility index (Phi) is 35.6. The van der Waals surface area contributed by atoms with Crippen molar-refractivity contribution < 1.29 is 247 Å². The van der Waals surface area contributed by atoms with Gasteiger partial charge in [0.25, 0.3) is 0 Å². The van der Waals surface area contributed by atoms with Crippen molar-refractivity contribution in [2.24, 2.45) is 0 Å². The molecule has 700 valence electrons. The van der Waals surface area contributed by atoms with Crippen molar-refractivity contribution in [3.8, 4) is 0 Å². The molecule has 10 saturated heterocycles. The average Bonchev–Trinajstić information content (AvgIpc) is 0.755. The highest BCUT2D eigenvalue weighted by molar-refractivity contribution is 5.74. The van der Waals surface area contributed by atoms with E-state index in [9.17, 15) is 157 Å². The SMILES string of the molecule is CC(=O)N[C@@H]1[C@@H](O)[C@H](O[C@@H]2O[C@H](CO)[C@@H](O[C@@H]3O[C@H](CO[C@@H]4O[C@H](CO)[C@@H](O)[C@H](O)[C@@H]4O[C@@H]4O[C@H](CO)[C@@H](O)[C@H](O[C@@H]5O[C@H](CO)[C@H](O)[C@H](O)[C@H]5O)[C@H]4NC(C)=O)[C@@H](O)[C@H](O[C@@H]4O[C@H](CO)[C@@H](O)[C@H](O)[C@@H]4O[C@@H]4O[C@H](CO)[C@@H](O)[C@H](O[C@@H]5O[C@H](CO)[C@H](O)[C@H](O)[C@H]5O)[C@H]4NC(C)=O)[C@@H]3OC3OC[C@@H](O)[C@H](O)[C@H]3O)[C@H](O)[C@H]2NC(C)=O)[C@@H](CO)O[C@H]1O. The molecule has 0 spiro atoms. The van der Waals surface area contributed by atoms with E-state index in [1.807, 2.05) is 0 Å². The van der Waals surface area contributed by atoms with E-state index in [1.165, 1.54) is 0 Å². The van der Waals surface area contributed by atoms with Gasteiger partial charge in [0.15, 0.2) is 62.9 Å². The minimum absolute atomic E-state index is 0.820. The van der Waals surface area contributed by atoms with Crippen LogP contribution >= 0.6 is 0 Å². The first kappa shape index (κ1) is 99.2. The molecule has 0 aliphatic carbocycles. The van der Waals surface area contributed by atoms with Gasteiger partial charge in [0.05, 0.1) is 66.1 Å². The summed E-state index contributed by atoms with van der Waals surface area (Å²) < 4.78 is 115. The van der Waals surface area contributed by atoms with Crippen molar-refractivity contribution in [1.82, 2.24) is 21.3 Å². The van der Waals surface area contributed by atoms with Gasteiger partial charge in [0.1, 0.15) is 238 Å². The Hall–Kier alpha value is -3.96. The van der Waals surface area contributed by atoms with Crippen LogP contribution in [0.25, 0.3) is 0 Å². The maximum absolute atomic E-state index is 13.3. The maximum atomic E-state index is 13.3. The van der Waals surface area contributed by atoms with E-state index in [2.05, 4.69) is 21.3 Å². The second kappa shape index (κ2) is 43.4. The number of rotatable bonds is 31. The van der Waals surface area contributed by atoms with Crippen molar-refractivity contribution in [3.05, 3.63) is 0 Å². The van der Waals surface area contributed by atoms with Gasteiger partial charge in [0, 0.05) is 27.7 Å². The highest BCUT2D eigenvalue weighted by Gasteiger charge is 2.62. The van der Waals surface area contributed by atoms with E-state index in [0.717, 1.165) is 27.7 Å². The smallest absolute Gasteiger partial charge is 0.217 e. The molecule has 121 heavy (non-hydrogen) atoms. The molecule has 0 saturated carbocycles. The molecule has 4 amide bonds. The highest BCUT2D eigenvalue weighted by Crippen LogP contribution is 2.42. The van der Waals surface area contributed by atoms with Gasteiger partial charge in [-0.2, -0.15) is 0 Å². The zero-order chi connectivity index (χ0) is 88.9. The number of hydrogen-bond donors (Lipinski definition) is 31. The van der Waals surface area contributed by atoms with E-state index >= 15 is 0 Å². The monoisotopic (exact) mass is 1770 g/mol. The Morgan fingerprint density at radius 1 is 0.248 bits per heavy atom. The van der Waals surface area contributed by atoms with E-state index in [4.69, 9.17) is 90.0 Å². The van der Waals surface area contributed by atoms with Crippen LogP contribution in [0.2, 0.25) is 0 Å². The molecule has 0 bridgehead atoms. The Labute approximate surface area is 684 Å². The fourth-order valence-electron chi connectivity index (χ4n) is 15.6. The molecule has 10 fully saturated rings. The summed E-state index contributed by atoms with van der Waals surface area (Å²) in [5.41, 5.74) is 0. The number of aliphatic hydroxyl groups excluding tert-OH is 27. The van der Waals surface area contributed by atoms with Gasteiger partial charge in [-0.15, -0.1) is 0 Å². The van der Waals surface area contributed by atoms with Crippen molar-refractivity contribution in [3.63, 3.8) is 0 Å². The van der Waals surface area contributed by atoms with Gasteiger partial charge in [-0.25, -0.2) is 0 Å². The first-order valence-corrected chi connectivity index (χ1v) is 38.6. The number of hydrogen-bond acceptors (Lipinski definition) is 50. The van der Waals surface area contributed by atoms with Crippen molar-refractivity contribution >= 4 is 23.6 Å². The molecule has 49 atom stereocenters. The van der Waals surface area contributed by atoms with Crippen LogP contribution < -0.4 is 21.3 Å². The summed E-state index contributed by atoms with van der Waals surface area (Å²) in [5, 5.41) is 311. The topological polar surface area (TPSA) is 838 Å². The van der Waals surface area contributed by atoms with E-state index in [-0.39, 0.29) is 0 Å². The summed E-state index contributed by atoms with van der Waals surface area (Å²) in [6.07, 6.45) is -97.6. The number of carbonyl (C=O) groups is 4. The number of aliphatic hydroxyl groups is 27. The first-order chi connectivity index (χ1) is 57.3. The fraction of sp³-hybridized carbons (Fsp3) is 0.940. The van der Waals surface area contributed by atoms with Gasteiger partial charge in [-0.05, 0) is 0 Å². The van der Waals surface area contributed by atoms with Crippen LogP contribution in [0.1, 0.15) is 27.7 Å². The van der Waals surface area contributed by atoms with Gasteiger partial charge < -0.3 is 249 Å². The fourth-order valence-corrected chi connectivity index (χ4v) is 15.6. The molecular weight excluding hydrogens is 1660 g/mol. The third-order valence-electron chi connectivity index (χ3n) is 22.1. The lowest BCUT2D eigenvalue weighted by Crippen LogP contribution is -2.71. The van der Waals surface area contributed by atoms with E-state index in [1.54, 1.807) is 0 Å². The Bertz CT molecular complexity index is 3250. The van der Waals surface area contributed by atoms with Crippen LogP contribution in [0.3, 0.4) is 0 Å². The molecular formula is C67H112N4O50. The zero-order valence-electron chi connectivity index (χ0n) is 64.8. The van der Waals surface area contributed by atoms with Crippen molar-refractivity contribution in [2.75, 3.05) is 66.1 Å². The summed E-state index contributed by atoms with van der Waals surface area (Å²) in [7, 11) is 0. The molecule has 54 nitrogen and oxygen atoms in total. The lowest BCUT2D eigenvalue weighted by atomic mass is 9.93. The highest BCUT2D eigenvalue weighted by atomic mass is 16.8. The summed E-state index contributed by atoms with van der Waals surface area (Å²) in [4.78, 5) is 51.9. The standard InChI is InChI=1S/C67H112N4O50/c1-15(80)68-29-41(93)50(26(11-78)105-58(29)102)114-59-30(69-16(2)81)42(94)51(27(12-79)112-59)115-67-57(121-62-47(99)33(85)19(84)13-103-62)54(118-66-56(46(98)37(89)23(8-75)111-66)120-61-32(71-18(4)83)53(39(91)25(10-77)107-61)117-64-49(101)44(96)35(87)21(6-73)109-64)40(92)28(113-67)14-104-65-55(45(97)36(88)22(7-74)110-65)119-60-31(70-17(3)82)52(38(90)24(9-76)106-60)116-63-48(100)43(95)34(86)20(5-72)108-63/h19-67,72-79,84-102H,5-14H2,1-4H3,(H,68,80)(H,69,81)(H,70,82)(H,71,83)/t19-,20-,21-,22-,23-,24-,25-,26-,27-,28-,29-,30-,31-,32-,33+,34+,35+,36-,37-,38-,39-,40-,41-,42-,43+,44+,45+,46+,47-,48-,49-,50-,51-,52-,53-,54+,55+,56+,57+,58-,59+,60+,61+,62?,63+,64+,65-,66+,67+/m1/s1. The average molecular weight is 1770 g/mol. The molecule has 10 aliphatic heterocycles. The molecule has 10 rings (SSSR count). The Morgan fingerprint density at radius 3 is 0.983 bits per heavy atom. The molecule has 0 aromatic carbocycles. The zero-order valence-corrected chi connectivity index (χ0v) is 64.8. The number of nitrogens with one attached hydrogen (secondary N) is 4. The van der Waals surface area contributed by atoms with Crippen LogP contribution in [0, 0.1) is 0 Å². The Morgan fingerprint density at radius 2 is 0.537 bits per heavy atom. The molecule has 1 unspecified atom stereocenters. The second-order valence-electron chi connectivity index (χ2n) is 30.5. The van der Waals surface area contributed by atoms with Gasteiger partial charge >= 0.3 is 0 Å². The van der Waals surface area contributed by atoms with E-state index < -0.39 is 390 Å². The number of ether oxygens (including phenoxy) is 19. The molecule has 0 aromatic rings.